The van der Waals surface area contributed by atoms with Crippen LogP contribution in [0.15, 0.2) is 0 Å². The van der Waals surface area contributed by atoms with Crippen LogP contribution < -0.4 is 5.32 Å². The lowest BCUT2D eigenvalue weighted by atomic mass is 10.1. The van der Waals surface area contributed by atoms with E-state index in [1.807, 2.05) is 7.05 Å². The molecule has 0 aliphatic rings. The first-order valence-corrected chi connectivity index (χ1v) is 5.57. The summed E-state index contributed by atoms with van der Waals surface area (Å²) < 4.78 is 1.31. The Balaban J connectivity index is 2.89. The molecule has 0 heterocycles. The van der Waals surface area contributed by atoms with Gasteiger partial charge in [0.1, 0.15) is 0 Å². The van der Waals surface area contributed by atoms with Gasteiger partial charge in [-0.15, -0.1) is 0 Å². The molecule has 0 saturated heterocycles. The fourth-order valence-corrected chi connectivity index (χ4v) is 1.41. The number of hydrogen-bond acceptors (Lipinski definition) is 1. The van der Waals surface area contributed by atoms with Crippen molar-refractivity contribution in [2.75, 3.05) is 11.5 Å². The molecule has 1 unspecified atom stereocenters. The maximum atomic E-state index is 3.24. The van der Waals surface area contributed by atoms with E-state index in [9.17, 15) is 0 Å². The molecule has 0 aromatic carbocycles. The minimum Gasteiger partial charge on any atom is -0.317 e. The molecule has 0 radical (unpaired) electrons. The molecule has 0 aliphatic heterocycles. The molecule has 62 valence electrons. The summed E-state index contributed by atoms with van der Waals surface area (Å²) in [4.78, 5) is 0. The first kappa shape index (κ1) is 10.7. The van der Waals surface area contributed by atoms with E-state index in [2.05, 4.69) is 34.8 Å². The van der Waals surface area contributed by atoms with Gasteiger partial charge in [-0.25, -0.2) is 0 Å². The number of hydrogen-bond donors (Lipinski definition) is 1. The van der Waals surface area contributed by atoms with Crippen LogP contribution in [0.4, 0.5) is 0 Å². The third kappa shape index (κ3) is 6.81. The van der Waals surface area contributed by atoms with Gasteiger partial charge in [-0.2, -0.15) is 0 Å². The van der Waals surface area contributed by atoms with Crippen molar-refractivity contribution in [1.29, 1.82) is 0 Å². The van der Waals surface area contributed by atoms with Gasteiger partial charge in [-0.1, -0.05) is 35.4 Å². The van der Waals surface area contributed by atoms with Gasteiger partial charge in [0.05, 0.1) is 0 Å². The molecule has 0 bridgehead atoms. The Hall–Kier alpha value is 0.690. The van der Waals surface area contributed by atoms with Gasteiger partial charge in [-0.05, 0) is 31.2 Å². The highest BCUT2D eigenvalue weighted by atomic mass is 127. The van der Waals surface area contributed by atoms with Crippen LogP contribution in [0.25, 0.3) is 0 Å². The fourth-order valence-electron chi connectivity index (χ4n) is 0.866. The average Bonchev–Trinajstić information content (AvgIpc) is 1.98. The normalized spacial score (nSPS) is 13.5. The second-order valence-corrected chi connectivity index (χ2v) is 3.81. The fraction of sp³-hybridized carbons (Fsp3) is 1.00. The van der Waals surface area contributed by atoms with Crippen LogP contribution in [0.1, 0.15) is 32.6 Å². The Morgan fingerprint density at radius 1 is 1.30 bits per heavy atom. The van der Waals surface area contributed by atoms with E-state index < -0.39 is 0 Å². The number of unbranched alkanes of at least 4 members (excludes halogenated alkanes) is 2. The lowest BCUT2D eigenvalue weighted by molar-refractivity contribution is 0.527. The molecule has 1 nitrogen and oxygen atoms in total. The van der Waals surface area contributed by atoms with Crippen molar-refractivity contribution >= 4 is 22.6 Å². The SMILES string of the molecule is CNC(C)CCCCCI. The average molecular weight is 255 g/mol. The molecule has 0 spiro atoms. The minimum atomic E-state index is 0.703. The standard InChI is InChI=1S/C8H18IN/c1-8(10-2)6-4-3-5-7-9/h8,10H,3-7H2,1-2H3. The molecule has 0 rings (SSSR count). The molecular formula is C8H18IN. The van der Waals surface area contributed by atoms with Crippen molar-refractivity contribution in [3.8, 4) is 0 Å². The zero-order chi connectivity index (χ0) is 7.82. The van der Waals surface area contributed by atoms with Gasteiger partial charge in [0, 0.05) is 6.04 Å². The smallest absolute Gasteiger partial charge is 0.00357 e. The van der Waals surface area contributed by atoms with Crippen LogP contribution in [0.3, 0.4) is 0 Å². The van der Waals surface area contributed by atoms with E-state index in [1.54, 1.807) is 0 Å². The third-order valence-corrected chi connectivity index (χ3v) is 2.53. The van der Waals surface area contributed by atoms with Crippen molar-refractivity contribution in [1.82, 2.24) is 5.32 Å². The van der Waals surface area contributed by atoms with Crippen LogP contribution in [0.5, 0.6) is 0 Å². The molecule has 0 aromatic heterocycles. The summed E-state index contributed by atoms with van der Waals surface area (Å²) in [6.45, 7) is 2.24. The number of halogens is 1. The van der Waals surface area contributed by atoms with Gasteiger partial charge >= 0.3 is 0 Å². The summed E-state index contributed by atoms with van der Waals surface area (Å²) in [7, 11) is 2.03. The second kappa shape index (κ2) is 7.79. The highest BCUT2D eigenvalue weighted by molar-refractivity contribution is 14.1. The van der Waals surface area contributed by atoms with Crippen molar-refractivity contribution in [3.63, 3.8) is 0 Å². The number of alkyl halides is 1. The Morgan fingerprint density at radius 3 is 2.50 bits per heavy atom. The Labute approximate surface area is 78.1 Å². The molecular weight excluding hydrogens is 237 g/mol. The van der Waals surface area contributed by atoms with Crippen LogP contribution in [0.2, 0.25) is 0 Å². The lowest BCUT2D eigenvalue weighted by Crippen LogP contribution is -2.20. The highest BCUT2D eigenvalue weighted by Crippen LogP contribution is 2.04. The predicted octanol–water partition coefficient (Wildman–Crippen LogP) is 2.59. The zero-order valence-electron chi connectivity index (χ0n) is 6.99. The van der Waals surface area contributed by atoms with Gasteiger partial charge in [0.25, 0.3) is 0 Å². The topological polar surface area (TPSA) is 12.0 Å². The second-order valence-electron chi connectivity index (χ2n) is 2.73. The summed E-state index contributed by atoms with van der Waals surface area (Å²) in [6.07, 6.45) is 5.49. The quantitative estimate of drug-likeness (QED) is 0.437. The Kier molecular flexibility index (Phi) is 8.33. The van der Waals surface area contributed by atoms with Crippen LogP contribution >= 0.6 is 22.6 Å². The van der Waals surface area contributed by atoms with Crippen molar-refractivity contribution in [2.45, 2.75) is 38.6 Å². The van der Waals surface area contributed by atoms with Crippen LogP contribution in [-0.2, 0) is 0 Å². The van der Waals surface area contributed by atoms with Gasteiger partial charge in [0.2, 0.25) is 0 Å². The maximum Gasteiger partial charge on any atom is 0.00357 e. The largest absolute Gasteiger partial charge is 0.317 e. The maximum absolute atomic E-state index is 3.24. The molecule has 0 aliphatic carbocycles. The van der Waals surface area contributed by atoms with Gasteiger partial charge in [-0.3, -0.25) is 0 Å². The van der Waals surface area contributed by atoms with E-state index in [0.717, 1.165) is 0 Å². The van der Waals surface area contributed by atoms with Crippen LogP contribution in [-0.4, -0.2) is 17.5 Å². The van der Waals surface area contributed by atoms with E-state index in [-0.39, 0.29) is 0 Å². The summed E-state index contributed by atoms with van der Waals surface area (Å²) in [5.41, 5.74) is 0. The zero-order valence-corrected chi connectivity index (χ0v) is 9.15. The van der Waals surface area contributed by atoms with Gasteiger partial charge in [0.15, 0.2) is 0 Å². The first-order valence-electron chi connectivity index (χ1n) is 4.04. The Morgan fingerprint density at radius 2 is 2.00 bits per heavy atom. The molecule has 10 heavy (non-hydrogen) atoms. The summed E-state index contributed by atoms with van der Waals surface area (Å²) >= 11 is 2.44. The predicted molar refractivity (Wildman–Crippen MR) is 55.9 cm³/mol. The Bertz CT molecular complexity index is 66.3. The molecule has 0 saturated carbocycles. The minimum absolute atomic E-state index is 0.703. The molecule has 1 atom stereocenters. The van der Waals surface area contributed by atoms with Crippen molar-refractivity contribution in [3.05, 3.63) is 0 Å². The molecule has 0 fully saturated rings. The summed E-state index contributed by atoms with van der Waals surface area (Å²) in [6, 6.07) is 0.703. The third-order valence-electron chi connectivity index (χ3n) is 1.76. The first-order chi connectivity index (χ1) is 4.81. The van der Waals surface area contributed by atoms with Crippen molar-refractivity contribution < 1.29 is 0 Å². The van der Waals surface area contributed by atoms with E-state index in [1.165, 1.54) is 30.1 Å². The molecule has 2 heteroatoms. The molecule has 1 N–H and O–H groups in total. The number of nitrogens with one attached hydrogen (secondary N) is 1. The lowest BCUT2D eigenvalue weighted by Gasteiger charge is -2.08. The highest BCUT2D eigenvalue weighted by Gasteiger charge is 1.95. The molecule has 0 amide bonds. The van der Waals surface area contributed by atoms with E-state index in [4.69, 9.17) is 0 Å². The van der Waals surface area contributed by atoms with Crippen molar-refractivity contribution in [2.24, 2.45) is 0 Å². The summed E-state index contributed by atoms with van der Waals surface area (Å²) in [5, 5.41) is 3.24. The van der Waals surface area contributed by atoms with Gasteiger partial charge < -0.3 is 5.32 Å². The summed E-state index contributed by atoms with van der Waals surface area (Å²) in [5.74, 6) is 0. The van der Waals surface area contributed by atoms with E-state index >= 15 is 0 Å². The van der Waals surface area contributed by atoms with Crippen LogP contribution in [0, 0.1) is 0 Å². The number of rotatable bonds is 6. The molecule has 0 aromatic rings. The van der Waals surface area contributed by atoms with E-state index in [0.29, 0.717) is 6.04 Å². The monoisotopic (exact) mass is 255 g/mol.